The molecule has 0 bridgehead atoms. The van der Waals surface area contributed by atoms with Crippen LogP contribution in [0.1, 0.15) is 5.56 Å². The lowest BCUT2D eigenvalue weighted by Gasteiger charge is -2.05. The highest BCUT2D eigenvalue weighted by molar-refractivity contribution is 7.99. The fourth-order valence-corrected chi connectivity index (χ4v) is 3.56. The minimum atomic E-state index is -0.240. The first-order valence-electron chi connectivity index (χ1n) is 8.72. The van der Waals surface area contributed by atoms with Gasteiger partial charge in [-0.2, -0.15) is 5.10 Å². The Bertz CT molecular complexity index is 1190. The normalized spacial score (nSPS) is 11.3. The van der Waals surface area contributed by atoms with Crippen LogP contribution in [0.15, 0.2) is 82.9 Å². The van der Waals surface area contributed by atoms with Gasteiger partial charge >= 0.3 is 0 Å². The van der Waals surface area contributed by atoms with Gasteiger partial charge in [-0.25, -0.2) is 10.4 Å². The molecule has 0 aliphatic carbocycles. The SMILES string of the molecule is O=C(CSc1ccc2ccccc2n1)N/N=C\c1c(O)ccc2ccccc12. The summed E-state index contributed by atoms with van der Waals surface area (Å²) in [6.45, 7) is 0. The number of nitrogens with zero attached hydrogens (tertiary/aromatic N) is 2. The maximum absolute atomic E-state index is 12.1. The number of aromatic hydroxyl groups is 1. The molecule has 6 heteroatoms. The van der Waals surface area contributed by atoms with Gasteiger partial charge in [0.25, 0.3) is 0 Å². The lowest BCUT2D eigenvalue weighted by molar-refractivity contribution is -0.118. The van der Waals surface area contributed by atoms with E-state index in [0.29, 0.717) is 5.56 Å². The maximum Gasteiger partial charge on any atom is 0.250 e. The van der Waals surface area contributed by atoms with Crippen LogP contribution >= 0.6 is 11.8 Å². The molecular weight excluding hydrogens is 370 g/mol. The molecule has 0 spiro atoms. The van der Waals surface area contributed by atoms with Gasteiger partial charge < -0.3 is 5.11 Å². The lowest BCUT2D eigenvalue weighted by Crippen LogP contribution is -2.19. The van der Waals surface area contributed by atoms with E-state index in [4.69, 9.17) is 0 Å². The molecule has 138 valence electrons. The van der Waals surface area contributed by atoms with Crippen molar-refractivity contribution in [1.82, 2.24) is 10.4 Å². The summed E-state index contributed by atoms with van der Waals surface area (Å²) in [7, 11) is 0. The Balaban J connectivity index is 1.40. The number of fused-ring (bicyclic) bond motifs is 2. The van der Waals surface area contributed by atoms with Crippen LogP contribution in [0.3, 0.4) is 0 Å². The number of phenols is 1. The van der Waals surface area contributed by atoms with Crippen molar-refractivity contribution >= 4 is 45.6 Å². The third kappa shape index (κ3) is 3.97. The number of hydrogen-bond acceptors (Lipinski definition) is 5. The molecule has 0 saturated carbocycles. The number of amides is 1. The number of thioether (sulfide) groups is 1. The number of pyridine rings is 1. The van der Waals surface area contributed by atoms with E-state index >= 15 is 0 Å². The van der Waals surface area contributed by atoms with Crippen LogP contribution in [-0.2, 0) is 4.79 Å². The second-order valence-electron chi connectivity index (χ2n) is 6.14. The van der Waals surface area contributed by atoms with E-state index in [1.807, 2.05) is 66.7 Å². The van der Waals surface area contributed by atoms with Gasteiger partial charge in [0.05, 0.1) is 22.5 Å². The third-order valence-electron chi connectivity index (χ3n) is 4.25. The number of aromatic nitrogens is 1. The van der Waals surface area contributed by atoms with Crippen molar-refractivity contribution in [3.63, 3.8) is 0 Å². The van der Waals surface area contributed by atoms with Crippen LogP contribution in [0.2, 0.25) is 0 Å². The van der Waals surface area contributed by atoms with Gasteiger partial charge in [-0.3, -0.25) is 4.79 Å². The summed E-state index contributed by atoms with van der Waals surface area (Å²) >= 11 is 1.35. The molecular formula is C22H17N3O2S. The van der Waals surface area contributed by atoms with Crippen LogP contribution in [0.4, 0.5) is 0 Å². The molecule has 5 nitrogen and oxygen atoms in total. The molecule has 4 rings (SSSR count). The quantitative estimate of drug-likeness (QED) is 0.304. The number of nitrogens with one attached hydrogen (secondary N) is 1. The molecule has 0 aliphatic heterocycles. The third-order valence-corrected chi connectivity index (χ3v) is 5.18. The van der Waals surface area contributed by atoms with Crippen LogP contribution in [0, 0.1) is 0 Å². The molecule has 0 fully saturated rings. The molecule has 0 atom stereocenters. The van der Waals surface area contributed by atoms with Crippen molar-refractivity contribution in [3.8, 4) is 5.75 Å². The molecule has 4 aromatic rings. The van der Waals surface area contributed by atoms with Crippen molar-refractivity contribution in [3.05, 3.63) is 78.4 Å². The summed E-state index contributed by atoms with van der Waals surface area (Å²) in [4.78, 5) is 16.6. The smallest absolute Gasteiger partial charge is 0.250 e. The predicted molar refractivity (Wildman–Crippen MR) is 114 cm³/mol. The number of rotatable bonds is 5. The minimum absolute atomic E-state index is 0.117. The Morgan fingerprint density at radius 1 is 1.00 bits per heavy atom. The van der Waals surface area contributed by atoms with Crippen molar-refractivity contribution in [1.29, 1.82) is 0 Å². The Morgan fingerprint density at radius 2 is 1.75 bits per heavy atom. The molecule has 0 aliphatic rings. The fourth-order valence-electron chi connectivity index (χ4n) is 2.89. The van der Waals surface area contributed by atoms with E-state index in [2.05, 4.69) is 15.5 Å². The molecule has 28 heavy (non-hydrogen) atoms. The molecule has 1 amide bonds. The summed E-state index contributed by atoms with van der Waals surface area (Å²) in [5.41, 5.74) is 3.97. The molecule has 2 N–H and O–H groups in total. The Kier molecular flexibility index (Phi) is 5.21. The van der Waals surface area contributed by atoms with Crippen LogP contribution in [0.25, 0.3) is 21.7 Å². The molecule has 1 aromatic heterocycles. The van der Waals surface area contributed by atoms with Gasteiger partial charge in [0.2, 0.25) is 5.91 Å². The van der Waals surface area contributed by atoms with Crippen molar-refractivity contribution in [2.75, 3.05) is 5.75 Å². The molecule has 0 saturated heterocycles. The zero-order valence-corrected chi connectivity index (χ0v) is 15.7. The summed E-state index contributed by atoms with van der Waals surface area (Å²) < 4.78 is 0. The first-order chi connectivity index (χ1) is 13.7. The second kappa shape index (κ2) is 8.10. The van der Waals surface area contributed by atoms with Crippen LogP contribution in [0.5, 0.6) is 5.75 Å². The lowest BCUT2D eigenvalue weighted by atomic mass is 10.0. The highest BCUT2D eigenvalue weighted by Gasteiger charge is 2.06. The van der Waals surface area contributed by atoms with E-state index in [1.165, 1.54) is 18.0 Å². The van der Waals surface area contributed by atoms with Gasteiger partial charge in [0, 0.05) is 10.9 Å². The van der Waals surface area contributed by atoms with Crippen molar-refractivity contribution in [2.24, 2.45) is 5.10 Å². The Morgan fingerprint density at radius 3 is 2.64 bits per heavy atom. The van der Waals surface area contributed by atoms with E-state index in [9.17, 15) is 9.90 Å². The zero-order chi connectivity index (χ0) is 19.3. The van der Waals surface area contributed by atoms with Crippen LogP contribution in [-0.4, -0.2) is 28.0 Å². The average molecular weight is 387 g/mol. The van der Waals surface area contributed by atoms with E-state index < -0.39 is 0 Å². The van der Waals surface area contributed by atoms with Gasteiger partial charge in [-0.1, -0.05) is 66.4 Å². The number of carbonyl (C=O) groups is 1. The molecule has 1 heterocycles. The number of benzene rings is 3. The van der Waals surface area contributed by atoms with Gasteiger partial charge in [-0.05, 0) is 29.0 Å². The molecule has 3 aromatic carbocycles. The van der Waals surface area contributed by atoms with Crippen molar-refractivity contribution < 1.29 is 9.90 Å². The summed E-state index contributed by atoms with van der Waals surface area (Å²) in [6, 6.07) is 22.9. The largest absolute Gasteiger partial charge is 0.507 e. The highest BCUT2D eigenvalue weighted by Crippen LogP contribution is 2.25. The number of hydrazone groups is 1. The van der Waals surface area contributed by atoms with E-state index in [-0.39, 0.29) is 17.4 Å². The standard InChI is InChI=1S/C22H17N3O2S/c26-20-11-9-15-5-1-3-7-17(15)18(20)13-23-25-21(27)14-28-22-12-10-16-6-2-4-8-19(16)24-22/h1-13,26H,14H2,(H,25,27)/b23-13-. The van der Waals surface area contributed by atoms with Gasteiger partial charge in [0.15, 0.2) is 0 Å². The maximum atomic E-state index is 12.1. The summed E-state index contributed by atoms with van der Waals surface area (Å²) in [5, 5.41) is 17.8. The van der Waals surface area contributed by atoms with Gasteiger partial charge in [-0.15, -0.1) is 0 Å². The summed E-state index contributed by atoms with van der Waals surface area (Å²) in [5.74, 6) is 0.0758. The highest BCUT2D eigenvalue weighted by atomic mass is 32.2. The first-order valence-corrected chi connectivity index (χ1v) is 9.70. The molecule has 0 unspecified atom stereocenters. The Hall–Kier alpha value is -3.38. The average Bonchev–Trinajstić information content (AvgIpc) is 2.73. The first kappa shape index (κ1) is 18.0. The van der Waals surface area contributed by atoms with E-state index in [1.54, 1.807) is 6.07 Å². The topological polar surface area (TPSA) is 74.6 Å². The number of phenolic OH excluding ortho intramolecular Hbond substituents is 1. The summed E-state index contributed by atoms with van der Waals surface area (Å²) in [6.07, 6.45) is 1.47. The van der Waals surface area contributed by atoms with Gasteiger partial charge in [0.1, 0.15) is 5.75 Å². The monoisotopic (exact) mass is 387 g/mol. The zero-order valence-electron chi connectivity index (χ0n) is 14.9. The Labute approximate surface area is 166 Å². The van der Waals surface area contributed by atoms with E-state index in [0.717, 1.165) is 26.7 Å². The second-order valence-corrected chi connectivity index (χ2v) is 7.14. The predicted octanol–water partition coefficient (Wildman–Crippen LogP) is 4.34. The fraction of sp³-hybridized carbons (Fsp3) is 0.0455. The van der Waals surface area contributed by atoms with Crippen molar-refractivity contribution in [2.45, 2.75) is 5.03 Å². The minimum Gasteiger partial charge on any atom is -0.507 e. The molecule has 0 radical (unpaired) electrons. The number of para-hydroxylation sites is 1. The number of carbonyl (C=O) groups excluding carboxylic acids is 1. The van der Waals surface area contributed by atoms with Crippen LogP contribution < -0.4 is 5.43 Å². The number of hydrogen-bond donors (Lipinski definition) is 2.